The molecule has 3 heteroatoms. The highest BCUT2D eigenvalue weighted by Gasteiger charge is 2.01. The van der Waals surface area contributed by atoms with Gasteiger partial charge in [-0.15, -0.1) is 0 Å². The second-order valence-corrected chi connectivity index (χ2v) is 5.53. The molecule has 0 atom stereocenters. The van der Waals surface area contributed by atoms with Gasteiger partial charge in [0.05, 0.1) is 7.11 Å². The van der Waals surface area contributed by atoms with Crippen LogP contribution in [-0.4, -0.2) is 7.11 Å². The van der Waals surface area contributed by atoms with Crippen LogP contribution in [0, 0.1) is 6.92 Å². The minimum Gasteiger partial charge on any atom is -0.497 e. The van der Waals surface area contributed by atoms with Crippen molar-refractivity contribution in [1.29, 1.82) is 0 Å². The second kappa shape index (κ2) is 7.55. The first-order valence-electron chi connectivity index (χ1n) is 7.83. The van der Waals surface area contributed by atoms with Gasteiger partial charge < -0.3 is 14.2 Å². The van der Waals surface area contributed by atoms with E-state index in [2.05, 4.69) is 6.92 Å². The normalized spacial score (nSPS) is 10.2. The standard InChI is InChI=1S/C21H20O3/c1-16-6-10-19(11-7-16)24-21-5-3-4-20(14-21)23-15-17-8-12-18(22-2)13-9-17/h3-14H,15H2,1-2H3. The Morgan fingerprint density at radius 1 is 0.708 bits per heavy atom. The maximum atomic E-state index is 5.86. The number of rotatable bonds is 6. The van der Waals surface area contributed by atoms with Crippen LogP contribution in [0.15, 0.2) is 72.8 Å². The van der Waals surface area contributed by atoms with E-state index in [1.54, 1.807) is 7.11 Å². The van der Waals surface area contributed by atoms with Crippen LogP contribution in [0.1, 0.15) is 11.1 Å². The van der Waals surface area contributed by atoms with Gasteiger partial charge in [0.2, 0.25) is 0 Å². The van der Waals surface area contributed by atoms with Crippen LogP contribution in [0.3, 0.4) is 0 Å². The third kappa shape index (κ3) is 4.29. The molecular formula is C21H20O3. The predicted octanol–water partition coefficient (Wildman–Crippen LogP) is 5.37. The smallest absolute Gasteiger partial charge is 0.131 e. The summed E-state index contributed by atoms with van der Waals surface area (Å²) in [5.74, 6) is 3.18. The molecule has 3 aromatic carbocycles. The molecule has 0 aromatic heterocycles. The maximum absolute atomic E-state index is 5.86. The van der Waals surface area contributed by atoms with Crippen molar-refractivity contribution >= 4 is 0 Å². The van der Waals surface area contributed by atoms with Gasteiger partial charge >= 0.3 is 0 Å². The molecule has 0 spiro atoms. The lowest BCUT2D eigenvalue weighted by molar-refractivity contribution is 0.304. The van der Waals surface area contributed by atoms with Gasteiger partial charge in [0, 0.05) is 6.07 Å². The third-order valence-electron chi connectivity index (χ3n) is 3.63. The zero-order chi connectivity index (χ0) is 16.8. The summed E-state index contributed by atoms with van der Waals surface area (Å²) in [6.07, 6.45) is 0. The molecule has 3 aromatic rings. The summed E-state index contributed by atoms with van der Waals surface area (Å²) in [6, 6.07) is 23.5. The molecule has 0 aliphatic rings. The summed E-state index contributed by atoms with van der Waals surface area (Å²) in [4.78, 5) is 0. The van der Waals surface area contributed by atoms with Crippen molar-refractivity contribution in [3.63, 3.8) is 0 Å². The zero-order valence-electron chi connectivity index (χ0n) is 13.9. The molecule has 0 radical (unpaired) electrons. The van der Waals surface area contributed by atoms with Crippen molar-refractivity contribution in [2.75, 3.05) is 7.11 Å². The molecule has 0 aliphatic carbocycles. The van der Waals surface area contributed by atoms with Gasteiger partial charge in [-0.25, -0.2) is 0 Å². The molecule has 0 aliphatic heterocycles. The molecular weight excluding hydrogens is 300 g/mol. The molecule has 0 bridgehead atoms. The lowest BCUT2D eigenvalue weighted by atomic mass is 10.2. The summed E-state index contributed by atoms with van der Waals surface area (Å²) in [7, 11) is 1.66. The van der Waals surface area contributed by atoms with E-state index >= 15 is 0 Å². The Morgan fingerprint density at radius 3 is 2.08 bits per heavy atom. The zero-order valence-corrected chi connectivity index (χ0v) is 13.9. The van der Waals surface area contributed by atoms with Crippen molar-refractivity contribution in [3.8, 4) is 23.0 Å². The summed E-state index contributed by atoms with van der Waals surface area (Å²) < 4.78 is 16.9. The topological polar surface area (TPSA) is 27.7 Å². The van der Waals surface area contributed by atoms with Crippen molar-refractivity contribution in [3.05, 3.63) is 83.9 Å². The van der Waals surface area contributed by atoms with Crippen LogP contribution in [0.4, 0.5) is 0 Å². The first-order chi connectivity index (χ1) is 11.7. The number of hydrogen-bond acceptors (Lipinski definition) is 3. The number of aryl methyl sites for hydroxylation is 1. The van der Waals surface area contributed by atoms with Gasteiger partial charge in [0.1, 0.15) is 29.6 Å². The van der Waals surface area contributed by atoms with Crippen molar-refractivity contribution in [1.82, 2.24) is 0 Å². The number of ether oxygens (including phenoxy) is 3. The monoisotopic (exact) mass is 320 g/mol. The van der Waals surface area contributed by atoms with Gasteiger partial charge in [-0.05, 0) is 48.9 Å². The number of hydrogen-bond donors (Lipinski definition) is 0. The summed E-state index contributed by atoms with van der Waals surface area (Å²) in [5, 5.41) is 0. The van der Waals surface area contributed by atoms with Crippen molar-refractivity contribution in [2.24, 2.45) is 0 Å². The van der Waals surface area contributed by atoms with Crippen LogP contribution >= 0.6 is 0 Å². The molecule has 3 rings (SSSR count). The summed E-state index contributed by atoms with van der Waals surface area (Å²) in [6.45, 7) is 2.55. The van der Waals surface area contributed by atoms with Crippen LogP contribution in [0.5, 0.6) is 23.0 Å². The van der Waals surface area contributed by atoms with E-state index in [0.717, 1.165) is 28.6 Å². The minimum atomic E-state index is 0.498. The minimum absolute atomic E-state index is 0.498. The van der Waals surface area contributed by atoms with Gasteiger partial charge in [-0.3, -0.25) is 0 Å². The summed E-state index contributed by atoms with van der Waals surface area (Å²) in [5.41, 5.74) is 2.29. The molecule has 24 heavy (non-hydrogen) atoms. The molecule has 0 fully saturated rings. The highest BCUT2D eigenvalue weighted by atomic mass is 16.5. The number of benzene rings is 3. The van der Waals surface area contributed by atoms with E-state index in [1.165, 1.54) is 5.56 Å². The predicted molar refractivity (Wildman–Crippen MR) is 95.0 cm³/mol. The average molecular weight is 320 g/mol. The van der Waals surface area contributed by atoms with E-state index in [9.17, 15) is 0 Å². The first kappa shape index (κ1) is 15.9. The van der Waals surface area contributed by atoms with Crippen LogP contribution in [0.25, 0.3) is 0 Å². The largest absolute Gasteiger partial charge is 0.497 e. The maximum Gasteiger partial charge on any atom is 0.131 e. The number of methoxy groups -OCH3 is 1. The SMILES string of the molecule is COc1ccc(COc2cccc(Oc3ccc(C)cc3)c2)cc1. The van der Waals surface area contributed by atoms with Gasteiger partial charge in [0.25, 0.3) is 0 Å². The fourth-order valence-corrected chi connectivity index (χ4v) is 2.26. The molecule has 3 nitrogen and oxygen atoms in total. The van der Waals surface area contributed by atoms with E-state index in [0.29, 0.717) is 6.61 Å². The highest BCUT2D eigenvalue weighted by Crippen LogP contribution is 2.26. The van der Waals surface area contributed by atoms with Gasteiger partial charge in [0.15, 0.2) is 0 Å². The van der Waals surface area contributed by atoms with E-state index in [4.69, 9.17) is 14.2 Å². The Morgan fingerprint density at radius 2 is 1.38 bits per heavy atom. The van der Waals surface area contributed by atoms with Crippen LogP contribution in [-0.2, 0) is 6.61 Å². The Kier molecular flexibility index (Phi) is 5.02. The average Bonchev–Trinajstić information content (AvgIpc) is 2.63. The lowest BCUT2D eigenvalue weighted by Gasteiger charge is -2.10. The Bertz CT molecular complexity index is 777. The summed E-state index contributed by atoms with van der Waals surface area (Å²) >= 11 is 0. The fraction of sp³-hybridized carbons (Fsp3) is 0.143. The molecule has 122 valence electrons. The molecule has 0 amide bonds. The fourth-order valence-electron chi connectivity index (χ4n) is 2.26. The van der Waals surface area contributed by atoms with Gasteiger partial charge in [-0.1, -0.05) is 35.9 Å². The molecule has 0 N–H and O–H groups in total. The molecule has 0 saturated heterocycles. The Balaban J connectivity index is 1.63. The van der Waals surface area contributed by atoms with Gasteiger partial charge in [-0.2, -0.15) is 0 Å². The van der Waals surface area contributed by atoms with E-state index in [1.807, 2.05) is 72.8 Å². The highest BCUT2D eigenvalue weighted by molar-refractivity contribution is 5.37. The lowest BCUT2D eigenvalue weighted by Crippen LogP contribution is -1.95. The van der Waals surface area contributed by atoms with E-state index < -0.39 is 0 Å². The molecule has 0 unspecified atom stereocenters. The molecule has 0 saturated carbocycles. The molecule has 0 heterocycles. The third-order valence-corrected chi connectivity index (χ3v) is 3.63. The van der Waals surface area contributed by atoms with E-state index in [-0.39, 0.29) is 0 Å². The van der Waals surface area contributed by atoms with Crippen molar-refractivity contribution in [2.45, 2.75) is 13.5 Å². The van der Waals surface area contributed by atoms with Crippen LogP contribution < -0.4 is 14.2 Å². The quantitative estimate of drug-likeness (QED) is 0.610. The first-order valence-corrected chi connectivity index (χ1v) is 7.83. The Hall–Kier alpha value is -2.94. The second-order valence-electron chi connectivity index (χ2n) is 5.53. The van der Waals surface area contributed by atoms with Crippen LogP contribution in [0.2, 0.25) is 0 Å². The van der Waals surface area contributed by atoms with Crippen molar-refractivity contribution < 1.29 is 14.2 Å². The Labute approximate surface area is 142 Å².